The van der Waals surface area contributed by atoms with Gasteiger partial charge >= 0.3 is 6.03 Å². The molecule has 214 valence electrons. The molecule has 0 spiro atoms. The maximum atomic E-state index is 12.4. The van der Waals surface area contributed by atoms with Gasteiger partial charge < -0.3 is 22.1 Å². The molecule has 2 aromatic heterocycles. The molecule has 6 rings (SSSR count). The minimum absolute atomic E-state index is 0.378. The number of anilines is 3. The number of nitrogens with zero attached hydrogens (tertiary/aromatic N) is 4. The molecule has 0 unspecified atom stereocenters. The van der Waals surface area contributed by atoms with Crippen LogP contribution in [-0.2, 0) is 13.1 Å². The zero-order chi connectivity index (χ0) is 29.2. The van der Waals surface area contributed by atoms with Crippen LogP contribution in [0.3, 0.4) is 0 Å². The summed E-state index contributed by atoms with van der Waals surface area (Å²) in [6.45, 7) is 5.77. The number of amides is 2. The Hall–Kier alpha value is -4.28. The first-order chi connectivity index (χ1) is 20.4. The van der Waals surface area contributed by atoms with Crippen molar-refractivity contribution in [1.29, 1.82) is 0 Å². The maximum absolute atomic E-state index is 12.4. The number of rotatable bonds is 7. The van der Waals surface area contributed by atoms with Crippen molar-refractivity contribution in [3.8, 4) is 22.3 Å². The number of thiophene rings is 1. The van der Waals surface area contributed by atoms with Gasteiger partial charge in [-0.3, -0.25) is 9.80 Å². The normalized spacial score (nSPS) is 14.3. The van der Waals surface area contributed by atoms with Gasteiger partial charge in [-0.15, -0.1) is 11.3 Å². The number of hydrogen-bond donors (Lipinski definition) is 3. The van der Waals surface area contributed by atoms with Gasteiger partial charge in [0.2, 0.25) is 0 Å². The van der Waals surface area contributed by atoms with Crippen LogP contribution in [0.5, 0.6) is 0 Å². The minimum Gasteiger partial charge on any atom is -0.383 e. The summed E-state index contributed by atoms with van der Waals surface area (Å²) in [7, 11) is 2.18. The molecule has 1 saturated heterocycles. The Balaban J connectivity index is 1.28. The van der Waals surface area contributed by atoms with Crippen LogP contribution in [0.4, 0.5) is 22.0 Å². The van der Waals surface area contributed by atoms with Crippen LogP contribution in [0.2, 0.25) is 0 Å². The van der Waals surface area contributed by atoms with Gasteiger partial charge in [-0.05, 0) is 58.9 Å². The van der Waals surface area contributed by atoms with Crippen molar-refractivity contribution in [2.24, 2.45) is 11.5 Å². The first-order valence-corrected chi connectivity index (χ1v) is 14.9. The lowest BCUT2D eigenvalue weighted by Gasteiger charge is -2.32. The maximum Gasteiger partial charge on any atom is 0.323 e. The zero-order valence-electron chi connectivity index (χ0n) is 23.7. The summed E-state index contributed by atoms with van der Waals surface area (Å²) in [6, 6.07) is 23.5. The molecule has 3 heterocycles. The van der Waals surface area contributed by atoms with Gasteiger partial charge in [0.25, 0.3) is 0 Å². The molecule has 8 nitrogen and oxygen atoms in total. The Labute approximate surface area is 250 Å². The van der Waals surface area contributed by atoms with E-state index >= 15 is 0 Å². The number of benzene rings is 3. The molecule has 1 aliphatic heterocycles. The van der Waals surface area contributed by atoms with Crippen LogP contribution in [0, 0.1) is 0 Å². The number of likely N-dealkylation sites (N-methyl/N-ethyl adjacent to an activating group) is 1. The van der Waals surface area contributed by atoms with Gasteiger partial charge in [0, 0.05) is 66.7 Å². The van der Waals surface area contributed by atoms with Crippen LogP contribution in [0.15, 0.2) is 84.4 Å². The molecule has 0 bridgehead atoms. The number of carbonyl (C=O) groups excluding carboxylic acids is 1. The SMILES string of the molecule is CN1CCN(Cc2ccc(-c3cnc(N)c4c(-c5ccc(N(C(N)=O)c6cccc(CN)c6)cc5)csc34)cc2)CC1. The predicted molar refractivity (Wildman–Crippen MR) is 174 cm³/mol. The molecule has 1 fully saturated rings. The number of fused-ring (bicyclic) bond motifs is 1. The number of pyridine rings is 1. The number of nitrogen functional groups attached to an aromatic ring is 1. The monoisotopic (exact) mass is 577 g/mol. The van der Waals surface area contributed by atoms with Gasteiger partial charge in [-0.1, -0.05) is 48.5 Å². The lowest BCUT2D eigenvalue weighted by Crippen LogP contribution is -2.43. The molecule has 3 aromatic carbocycles. The summed E-state index contributed by atoms with van der Waals surface area (Å²) in [6.07, 6.45) is 1.87. The van der Waals surface area contributed by atoms with Crippen LogP contribution >= 0.6 is 11.3 Å². The Morgan fingerprint density at radius 3 is 2.29 bits per heavy atom. The fraction of sp³-hybridized carbons (Fsp3) is 0.212. The predicted octanol–water partition coefficient (Wildman–Crippen LogP) is 5.64. The third-order valence-corrected chi connectivity index (χ3v) is 8.97. The highest BCUT2D eigenvalue weighted by Gasteiger charge is 2.19. The largest absolute Gasteiger partial charge is 0.383 e. The molecule has 5 aromatic rings. The van der Waals surface area contributed by atoms with E-state index in [-0.39, 0.29) is 0 Å². The second-order valence-electron chi connectivity index (χ2n) is 10.8. The smallest absolute Gasteiger partial charge is 0.323 e. The average Bonchev–Trinajstić information content (AvgIpc) is 3.46. The molecular formula is C33H35N7OS. The quantitative estimate of drug-likeness (QED) is 0.231. The number of nitrogens with two attached hydrogens (primary N) is 3. The standard InChI is InChI=1S/C33H35N7OS/c1-38-13-15-39(16-14-38)20-22-5-7-24(8-6-22)28-19-37-32(35)30-29(21-42-31(28)30)25-9-11-26(12-10-25)40(33(36)41)27-4-2-3-23(17-27)18-34/h2-12,17,19,21H,13-16,18,20,34H2,1H3,(H2,35,37)(H2,36,41). The third kappa shape index (κ3) is 5.60. The van der Waals surface area contributed by atoms with Crippen molar-refractivity contribution in [2.45, 2.75) is 13.1 Å². The molecule has 0 radical (unpaired) electrons. The third-order valence-electron chi connectivity index (χ3n) is 7.95. The number of carbonyl (C=O) groups is 1. The molecule has 1 aliphatic rings. The lowest BCUT2D eigenvalue weighted by atomic mass is 10.0. The summed E-state index contributed by atoms with van der Waals surface area (Å²) in [5.41, 5.74) is 25.8. The zero-order valence-corrected chi connectivity index (χ0v) is 24.5. The van der Waals surface area contributed by atoms with E-state index in [4.69, 9.17) is 17.2 Å². The summed E-state index contributed by atoms with van der Waals surface area (Å²) >= 11 is 1.66. The Morgan fingerprint density at radius 2 is 1.60 bits per heavy atom. The van der Waals surface area contributed by atoms with E-state index in [0.29, 0.717) is 23.7 Å². The first kappa shape index (κ1) is 27.9. The van der Waals surface area contributed by atoms with Gasteiger partial charge in [-0.2, -0.15) is 0 Å². The summed E-state index contributed by atoms with van der Waals surface area (Å²) < 4.78 is 1.10. The van der Waals surface area contributed by atoms with Gasteiger partial charge in [0.1, 0.15) is 5.82 Å². The molecule has 0 saturated carbocycles. The summed E-state index contributed by atoms with van der Waals surface area (Å²) in [4.78, 5) is 23.4. The van der Waals surface area contributed by atoms with Crippen LogP contribution in [0.25, 0.3) is 32.3 Å². The molecule has 9 heteroatoms. The fourth-order valence-electron chi connectivity index (χ4n) is 5.56. The summed E-state index contributed by atoms with van der Waals surface area (Å²) in [5.74, 6) is 0.498. The average molecular weight is 578 g/mol. The highest BCUT2D eigenvalue weighted by molar-refractivity contribution is 7.18. The van der Waals surface area contributed by atoms with Crippen molar-refractivity contribution in [3.05, 3.63) is 95.5 Å². The van der Waals surface area contributed by atoms with E-state index in [1.54, 1.807) is 11.3 Å². The van der Waals surface area contributed by atoms with Crippen molar-refractivity contribution < 1.29 is 4.79 Å². The van der Waals surface area contributed by atoms with E-state index in [2.05, 4.69) is 51.5 Å². The number of primary amides is 1. The molecule has 0 aliphatic carbocycles. The topological polar surface area (TPSA) is 118 Å². The molecule has 0 atom stereocenters. The number of urea groups is 1. The van der Waals surface area contributed by atoms with Gasteiger partial charge in [0.15, 0.2) is 0 Å². The Bertz CT molecular complexity index is 1710. The van der Waals surface area contributed by atoms with Crippen LogP contribution < -0.4 is 22.1 Å². The fourth-order valence-corrected chi connectivity index (χ4v) is 6.68. The van der Waals surface area contributed by atoms with Gasteiger partial charge in [0.05, 0.1) is 11.4 Å². The molecular weight excluding hydrogens is 542 g/mol. The Kier molecular flexibility index (Phi) is 7.90. The van der Waals surface area contributed by atoms with E-state index in [1.165, 1.54) is 10.5 Å². The van der Waals surface area contributed by atoms with Crippen molar-refractivity contribution in [1.82, 2.24) is 14.8 Å². The second kappa shape index (κ2) is 11.9. The van der Waals surface area contributed by atoms with Crippen LogP contribution in [0.1, 0.15) is 11.1 Å². The molecule has 42 heavy (non-hydrogen) atoms. The van der Waals surface area contributed by atoms with E-state index in [0.717, 1.165) is 70.6 Å². The van der Waals surface area contributed by atoms with Gasteiger partial charge in [-0.25, -0.2) is 9.78 Å². The Morgan fingerprint density at radius 1 is 0.905 bits per heavy atom. The molecule has 6 N–H and O–H groups in total. The van der Waals surface area contributed by atoms with E-state index < -0.39 is 6.03 Å². The van der Waals surface area contributed by atoms with E-state index in [1.807, 2.05) is 54.7 Å². The van der Waals surface area contributed by atoms with E-state index in [9.17, 15) is 4.79 Å². The number of hydrogen-bond acceptors (Lipinski definition) is 7. The number of piperazine rings is 1. The highest BCUT2D eigenvalue weighted by Crippen LogP contribution is 2.42. The van der Waals surface area contributed by atoms with Crippen molar-refractivity contribution in [3.63, 3.8) is 0 Å². The van der Waals surface area contributed by atoms with Crippen molar-refractivity contribution >= 4 is 44.6 Å². The minimum atomic E-state index is -0.564. The highest BCUT2D eigenvalue weighted by atomic mass is 32.1. The lowest BCUT2D eigenvalue weighted by molar-refractivity contribution is 0.148. The van der Waals surface area contributed by atoms with Crippen molar-refractivity contribution in [2.75, 3.05) is 43.9 Å². The van der Waals surface area contributed by atoms with Crippen LogP contribution in [-0.4, -0.2) is 54.0 Å². The summed E-state index contributed by atoms with van der Waals surface area (Å²) in [5, 5.41) is 3.06. The number of aromatic nitrogens is 1. The first-order valence-electron chi connectivity index (χ1n) is 14.1. The molecule has 2 amide bonds. The second-order valence-corrected chi connectivity index (χ2v) is 11.7.